The number of anilines is 1. The second kappa shape index (κ2) is 8.29. The Hall–Kier alpha value is -2.62. The van der Waals surface area contributed by atoms with Crippen LogP contribution >= 0.6 is 0 Å². The van der Waals surface area contributed by atoms with Gasteiger partial charge in [-0.1, -0.05) is 38.1 Å². The van der Waals surface area contributed by atoms with Gasteiger partial charge >= 0.3 is 0 Å². The van der Waals surface area contributed by atoms with Crippen LogP contribution in [0.5, 0.6) is 0 Å². The Labute approximate surface area is 143 Å². The summed E-state index contributed by atoms with van der Waals surface area (Å²) in [6.45, 7) is 6.01. The molecule has 1 unspecified atom stereocenters. The lowest BCUT2D eigenvalue weighted by molar-refractivity contribution is 0.0939. The Kier molecular flexibility index (Phi) is 6.13. The van der Waals surface area contributed by atoms with Gasteiger partial charge in [-0.3, -0.25) is 9.59 Å². The maximum atomic E-state index is 12.5. The number of hydrogen-bond acceptors (Lipinski definition) is 2. The third-order valence-electron chi connectivity index (χ3n) is 4.02. The molecule has 24 heavy (non-hydrogen) atoms. The second-order valence-electron chi connectivity index (χ2n) is 5.83. The molecule has 0 aliphatic rings. The number of aryl methyl sites for hydroxylation is 1. The zero-order valence-corrected chi connectivity index (χ0v) is 14.4. The molecule has 0 radical (unpaired) electrons. The van der Waals surface area contributed by atoms with E-state index in [4.69, 9.17) is 0 Å². The molecule has 0 bridgehead atoms. The van der Waals surface area contributed by atoms with Gasteiger partial charge in [-0.2, -0.15) is 0 Å². The first-order valence-corrected chi connectivity index (χ1v) is 8.35. The van der Waals surface area contributed by atoms with Crippen LogP contribution in [-0.2, 0) is 6.42 Å². The number of rotatable bonds is 6. The number of para-hydroxylation sites is 1. The van der Waals surface area contributed by atoms with E-state index in [1.807, 2.05) is 45.0 Å². The van der Waals surface area contributed by atoms with Crippen LogP contribution in [0.2, 0.25) is 0 Å². The normalized spacial score (nSPS) is 11.6. The predicted molar refractivity (Wildman–Crippen MR) is 97.4 cm³/mol. The summed E-state index contributed by atoms with van der Waals surface area (Å²) in [4.78, 5) is 24.7. The third kappa shape index (κ3) is 4.44. The zero-order chi connectivity index (χ0) is 17.5. The summed E-state index contributed by atoms with van der Waals surface area (Å²) >= 11 is 0. The Morgan fingerprint density at radius 2 is 1.62 bits per heavy atom. The van der Waals surface area contributed by atoms with E-state index in [1.165, 1.54) is 0 Å². The van der Waals surface area contributed by atoms with Crippen molar-refractivity contribution in [3.05, 3.63) is 65.2 Å². The van der Waals surface area contributed by atoms with Crippen molar-refractivity contribution in [3.63, 3.8) is 0 Å². The molecule has 4 heteroatoms. The van der Waals surface area contributed by atoms with Crippen molar-refractivity contribution in [2.45, 2.75) is 39.7 Å². The summed E-state index contributed by atoms with van der Waals surface area (Å²) in [7, 11) is 0. The number of carbonyl (C=O) groups excluding carboxylic acids is 2. The molecule has 0 aromatic heterocycles. The van der Waals surface area contributed by atoms with Crippen LogP contribution < -0.4 is 10.6 Å². The van der Waals surface area contributed by atoms with Gasteiger partial charge in [-0.05, 0) is 49.6 Å². The lowest BCUT2D eigenvalue weighted by Gasteiger charge is -2.13. The molecule has 0 heterocycles. The smallest absolute Gasteiger partial charge is 0.255 e. The summed E-state index contributed by atoms with van der Waals surface area (Å²) in [5.41, 5.74) is 2.85. The number of hydrogen-bond donors (Lipinski definition) is 2. The lowest BCUT2D eigenvalue weighted by Crippen LogP contribution is -2.32. The molecule has 1 atom stereocenters. The van der Waals surface area contributed by atoms with Crippen molar-refractivity contribution in [2.24, 2.45) is 0 Å². The maximum Gasteiger partial charge on any atom is 0.255 e. The van der Waals surface area contributed by atoms with Gasteiger partial charge in [0.1, 0.15) is 0 Å². The molecule has 0 fully saturated rings. The van der Waals surface area contributed by atoms with Gasteiger partial charge in [0.25, 0.3) is 11.8 Å². The summed E-state index contributed by atoms with van der Waals surface area (Å²) in [6.07, 6.45) is 1.70. The van der Waals surface area contributed by atoms with E-state index in [1.54, 1.807) is 24.3 Å². The van der Waals surface area contributed by atoms with E-state index in [0.29, 0.717) is 11.1 Å². The average molecular weight is 324 g/mol. The molecule has 0 saturated heterocycles. The van der Waals surface area contributed by atoms with Crippen molar-refractivity contribution >= 4 is 17.5 Å². The minimum atomic E-state index is -0.214. The molecule has 0 aliphatic carbocycles. The van der Waals surface area contributed by atoms with E-state index < -0.39 is 0 Å². The van der Waals surface area contributed by atoms with E-state index in [9.17, 15) is 9.59 Å². The summed E-state index contributed by atoms with van der Waals surface area (Å²) in [5.74, 6) is -0.373. The molecule has 0 spiro atoms. The van der Waals surface area contributed by atoms with E-state index in [0.717, 1.165) is 24.1 Å². The predicted octanol–water partition coefficient (Wildman–Crippen LogP) is 4.03. The minimum absolute atomic E-state index is 0.103. The molecule has 0 saturated carbocycles. The third-order valence-corrected chi connectivity index (χ3v) is 4.02. The van der Waals surface area contributed by atoms with E-state index in [-0.39, 0.29) is 17.9 Å². The van der Waals surface area contributed by atoms with Gasteiger partial charge in [0.15, 0.2) is 0 Å². The molecular weight excluding hydrogens is 300 g/mol. The van der Waals surface area contributed by atoms with Crippen LogP contribution in [0, 0.1) is 0 Å². The molecule has 2 N–H and O–H groups in total. The Balaban J connectivity index is 2.16. The first-order chi connectivity index (χ1) is 11.5. The van der Waals surface area contributed by atoms with Crippen LogP contribution in [-0.4, -0.2) is 17.9 Å². The SMILES string of the molecule is CCc1ccccc1NC(=O)c1cccc(C(=O)NC(C)CC)c1. The molecular formula is C20H24N2O2. The highest BCUT2D eigenvalue weighted by atomic mass is 16.2. The van der Waals surface area contributed by atoms with E-state index in [2.05, 4.69) is 10.6 Å². The minimum Gasteiger partial charge on any atom is -0.350 e. The van der Waals surface area contributed by atoms with Crippen LogP contribution in [0.3, 0.4) is 0 Å². The highest BCUT2D eigenvalue weighted by molar-refractivity contribution is 6.06. The highest BCUT2D eigenvalue weighted by Gasteiger charge is 2.13. The summed E-state index contributed by atoms with van der Waals surface area (Å²) in [5, 5.41) is 5.83. The van der Waals surface area contributed by atoms with Gasteiger partial charge in [-0.25, -0.2) is 0 Å². The van der Waals surface area contributed by atoms with Crippen molar-refractivity contribution in [3.8, 4) is 0 Å². The van der Waals surface area contributed by atoms with Crippen LogP contribution in [0.4, 0.5) is 5.69 Å². The van der Waals surface area contributed by atoms with Crippen molar-refractivity contribution < 1.29 is 9.59 Å². The fourth-order valence-electron chi connectivity index (χ4n) is 2.36. The quantitative estimate of drug-likeness (QED) is 0.843. The summed E-state index contributed by atoms with van der Waals surface area (Å²) < 4.78 is 0. The van der Waals surface area contributed by atoms with Gasteiger partial charge < -0.3 is 10.6 Å². The molecule has 126 valence electrons. The summed E-state index contributed by atoms with van der Waals surface area (Å²) in [6, 6.07) is 14.6. The Morgan fingerprint density at radius 3 is 2.29 bits per heavy atom. The zero-order valence-electron chi connectivity index (χ0n) is 14.4. The van der Waals surface area contributed by atoms with Crippen LogP contribution in [0.1, 0.15) is 53.5 Å². The number of amides is 2. The first-order valence-electron chi connectivity index (χ1n) is 8.35. The largest absolute Gasteiger partial charge is 0.350 e. The van der Waals surface area contributed by atoms with E-state index >= 15 is 0 Å². The number of carbonyl (C=O) groups is 2. The Morgan fingerprint density at radius 1 is 0.958 bits per heavy atom. The highest BCUT2D eigenvalue weighted by Crippen LogP contribution is 2.17. The first kappa shape index (κ1) is 17.7. The fraction of sp³-hybridized carbons (Fsp3) is 0.300. The monoisotopic (exact) mass is 324 g/mol. The molecule has 4 nitrogen and oxygen atoms in total. The number of nitrogens with one attached hydrogen (secondary N) is 2. The molecule has 2 rings (SSSR count). The molecule has 2 aromatic rings. The molecule has 2 amide bonds. The van der Waals surface area contributed by atoms with Gasteiger partial charge in [0, 0.05) is 22.9 Å². The van der Waals surface area contributed by atoms with Gasteiger partial charge in [0.05, 0.1) is 0 Å². The second-order valence-corrected chi connectivity index (χ2v) is 5.83. The molecule has 2 aromatic carbocycles. The van der Waals surface area contributed by atoms with Gasteiger partial charge in [-0.15, -0.1) is 0 Å². The van der Waals surface area contributed by atoms with Crippen LogP contribution in [0.15, 0.2) is 48.5 Å². The average Bonchev–Trinajstić information content (AvgIpc) is 2.62. The fourth-order valence-corrected chi connectivity index (χ4v) is 2.36. The maximum absolute atomic E-state index is 12.5. The molecule has 0 aliphatic heterocycles. The van der Waals surface area contributed by atoms with Crippen molar-refractivity contribution in [1.29, 1.82) is 0 Å². The standard InChI is InChI=1S/C20H24N2O2/c1-4-14(3)21-19(23)16-10-8-11-17(13-16)20(24)22-18-12-7-6-9-15(18)5-2/h6-14H,4-5H2,1-3H3,(H,21,23)(H,22,24). The Bertz CT molecular complexity index is 725. The topological polar surface area (TPSA) is 58.2 Å². The van der Waals surface area contributed by atoms with Crippen molar-refractivity contribution in [1.82, 2.24) is 5.32 Å². The van der Waals surface area contributed by atoms with Crippen molar-refractivity contribution in [2.75, 3.05) is 5.32 Å². The van der Waals surface area contributed by atoms with Gasteiger partial charge in [0.2, 0.25) is 0 Å². The lowest BCUT2D eigenvalue weighted by atomic mass is 10.1. The van der Waals surface area contributed by atoms with Crippen LogP contribution in [0.25, 0.3) is 0 Å². The number of benzene rings is 2.